The fourth-order valence-electron chi connectivity index (χ4n) is 4.72. The normalized spacial score (nSPS) is 16.6. The molecule has 0 bridgehead atoms. The number of hydrogen-bond acceptors (Lipinski definition) is 8. The van der Waals surface area contributed by atoms with Gasteiger partial charge in [-0.25, -0.2) is 22.2 Å². The topological polar surface area (TPSA) is 108 Å². The summed E-state index contributed by atoms with van der Waals surface area (Å²) in [6.07, 6.45) is -2.20. The van der Waals surface area contributed by atoms with E-state index in [4.69, 9.17) is 0 Å². The van der Waals surface area contributed by atoms with Crippen LogP contribution in [0.3, 0.4) is 0 Å². The Morgan fingerprint density at radius 3 is 2.22 bits per heavy atom. The van der Waals surface area contributed by atoms with Crippen LogP contribution in [-0.2, 0) is 33.8 Å². The molecule has 1 aliphatic rings. The Bertz CT molecular complexity index is 1550. The molecule has 1 N–H and O–H groups in total. The van der Waals surface area contributed by atoms with E-state index in [-0.39, 0.29) is 43.1 Å². The monoisotopic (exact) mass is 656 g/mol. The van der Waals surface area contributed by atoms with E-state index in [0.717, 1.165) is 28.6 Å². The van der Waals surface area contributed by atoms with Crippen molar-refractivity contribution in [3.05, 3.63) is 77.7 Å². The Hall–Kier alpha value is -3.89. The third-order valence-electron chi connectivity index (χ3n) is 7.08. The predicted octanol–water partition coefficient (Wildman–Crippen LogP) is 4.13. The number of anilines is 1. The number of alkyl halides is 5. The molecule has 16 heteroatoms. The molecule has 0 aliphatic carbocycles. The Morgan fingerprint density at radius 2 is 1.67 bits per heavy atom. The SMILES string of the molecule is CCC(F)(F)c1ccc(CNC(=O)[C@H]2CN(c3cnc(CN(C)C)cn3)CCN2S(=O)(=O)c2ccc(OC(F)(F)F)cc2)cc1. The lowest BCUT2D eigenvalue weighted by Gasteiger charge is -2.40. The fourth-order valence-corrected chi connectivity index (χ4v) is 6.29. The van der Waals surface area contributed by atoms with E-state index in [2.05, 4.69) is 20.0 Å². The summed E-state index contributed by atoms with van der Waals surface area (Å²) < 4.78 is 98.0. The highest BCUT2D eigenvalue weighted by Crippen LogP contribution is 2.31. The number of nitrogens with one attached hydrogen (secondary N) is 1. The van der Waals surface area contributed by atoms with Gasteiger partial charge in [0.2, 0.25) is 15.9 Å². The molecule has 2 heterocycles. The molecule has 0 saturated carbocycles. The lowest BCUT2D eigenvalue weighted by atomic mass is 10.0. The number of nitrogens with zero attached hydrogens (tertiary/aromatic N) is 5. The van der Waals surface area contributed by atoms with Gasteiger partial charge in [0.1, 0.15) is 17.6 Å². The summed E-state index contributed by atoms with van der Waals surface area (Å²) >= 11 is 0. The lowest BCUT2D eigenvalue weighted by molar-refractivity contribution is -0.274. The zero-order valence-corrected chi connectivity index (χ0v) is 25.6. The average molecular weight is 657 g/mol. The van der Waals surface area contributed by atoms with E-state index in [9.17, 15) is 35.2 Å². The van der Waals surface area contributed by atoms with Gasteiger partial charge in [0, 0.05) is 44.7 Å². The van der Waals surface area contributed by atoms with Crippen molar-refractivity contribution < 1.29 is 39.9 Å². The van der Waals surface area contributed by atoms with Gasteiger partial charge >= 0.3 is 6.36 Å². The second-order valence-electron chi connectivity index (χ2n) is 10.7. The molecule has 0 unspecified atom stereocenters. The molecule has 1 fully saturated rings. The maximum absolute atomic E-state index is 14.0. The molecule has 1 aliphatic heterocycles. The molecular formula is C29H33F5N6O4S. The smallest absolute Gasteiger partial charge is 0.406 e. The first-order valence-corrected chi connectivity index (χ1v) is 15.4. The first kappa shape index (κ1) is 34.0. The van der Waals surface area contributed by atoms with Gasteiger partial charge in [-0.3, -0.25) is 9.78 Å². The molecular weight excluding hydrogens is 623 g/mol. The third-order valence-corrected chi connectivity index (χ3v) is 9.00. The number of hydrogen-bond donors (Lipinski definition) is 1. The highest BCUT2D eigenvalue weighted by atomic mass is 32.2. The number of amides is 1. The molecule has 0 spiro atoms. The van der Waals surface area contributed by atoms with Crippen LogP contribution in [0.15, 0.2) is 65.8 Å². The molecule has 4 rings (SSSR count). The molecule has 45 heavy (non-hydrogen) atoms. The molecule has 3 aromatic rings. The van der Waals surface area contributed by atoms with Crippen LogP contribution in [0.25, 0.3) is 0 Å². The second kappa shape index (κ2) is 13.6. The van der Waals surface area contributed by atoms with Gasteiger partial charge in [0.05, 0.1) is 23.0 Å². The summed E-state index contributed by atoms with van der Waals surface area (Å²) in [5.74, 6) is -3.83. The minimum absolute atomic E-state index is 0.0658. The zero-order valence-electron chi connectivity index (χ0n) is 24.8. The number of rotatable bonds is 11. The van der Waals surface area contributed by atoms with Crippen LogP contribution in [-0.4, -0.2) is 79.6 Å². The van der Waals surface area contributed by atoms with E-state index >= 15 is 0 Å². The van der Waals surface area contributed by atoms with E-state index in [1.54, 1.807) is 11.1 Å². The largest absolute Gasteiger partial charge is 0.573 e. The van der Waals surface area contributed by atoms with Gasteiger partial charge < -0.3 is 19.9 Å². The van der Waals surface area contributed by atoms with Crippen LogP contribution in [0.2, 0.25) is 0 Å². The molecule has 2 aromatic carbocycles. The average Bonchev–Trinajstić information content (AvgIpc) is 2.99. The van der Waals surface area contributed by atoms with E-state index in [0.29, 0.717) is 23.6 Å². The summed E-state index contributed by atoms with van der Waals surface area (Å²) in [6, 6.07) is 7.88. The van der Waals surface area contributed by atoms with Gasteiger partial charge in [-0.1, -0.05) is 31.2 Å². The number of halogens is 5. The quantitative estimate of drug-likeness (QED) is 0.307. The van der Waals surface area contributed by atoms with Crippen molar-refractivity contribution in [1.29, 1.82) is 0 Å². The summed E-state index contributed by atoms with van der Waals surface area (Å²) in [6.45, 7) is 1.74. The third kappa shape index (κ3) is 8.64. The van der Waals surface area contributed by atoms with E-state index in [1.165, 1.54) is 37.4 Å². The maximum Gasteiger partial charge on any atom is 0.573 e. The van der Waals surface area contributed by atoms with E-state index in [1.807, 2.05) is 19.0 Å². The predicted molar refractivity (Wildman–Crippen MR) is 155 cm³/mol. The molecule has 10 nitrogen and oxygen atoms in total. The number of aromatic nitrogens is 2. The highest BCUT2D eigenvalue weighted by Gasteiger charge is 2.41. The number of benzene rings is 2. The second-order valence-corrected chi connectivity index (χ2v) is 12.6. The van der Waals surface area contributed by atoms with Gasteiger partial charge in [-0.15, -0.1) is 13.2 Å². The van der Waals surface area contributed by atoms with Gasteiger partial charge in [-0.05, 0) is 43.9 Å². The lowest BCUT2D eigenvalue weighted by Crippen LogP contribution is -2.60. The van der Waals surface area contributed by atoms with Crippen LogP contribution < -0.4 is 15.0 Å². The number of piperazine rings is 1. The summed E-state index contributed by atoms with van der Waals surface area (Å²) in [4.78, 5) is 25.7. The first-order chi connectivity index (χ1) is 21.1. The van der Waals surface area contributed by atoms with Gasteiger partial charge in [-0.2, -0.15) is 4.31 Å². The van der Waals surface area contributed by atoms with Crippen molar-refractivity contribution >= 4 is 21.7 Å². The van der Waals surface area contributed by atoms with Crippen molar-refractivity contribution in [2.75, 3.05) is 38.6 Å². The number of ether oxygens (including phenoxy) is 1. The summed E-state index contributed by atoms with van der Waals surface area (Å²) in [7, 11) is -0.608. The van der Waals surface area contributed by atoms with Crippen molar-refractivity contribution in [3.8, 4) is 5.75 Å². The van der Waals surface area contributed by atoms with Gasteiger partial charge in [0.15, 0.2) is 0 Å². The van der Waals surface area contributed by atoms with Crippen molar-refractivity contribution in [3.63, 3.8) is 0 Å². The van der Waals surface area contributed by atoms with E-state index < -0.39 is 40.0 Å². The van der Waals surface area contributed by atoms with Crippen LogP contribution >= 0.6 is 0 Å². The molecule has 1 aromatic heterocycles. The number of carbonyl (C=O) groups is 1. The molecule has 0 radical (unpaired) electrons. The van der Waals surface area contributed by atoms with Crippen LogP contribution in [0.4, 0.5) is 27.8 Å². The Morgan fingerprint density at radius 1 is 1.00 bits per heavy atom. The molecule has 1 saturated heterocycles. The zero-order chi connectivity index (χ0) is 33.0. The minimum atomic E-state index is -4.95. The summed E-state index contributed by atoms with van der Waals surface area (Å²) in [5, 5.41) is 2.69. The maximum atomic E-state index is 14.0. The van der Waals surface area contributed by atoms with Crippen LogP contribution in [0.1, 0.15) is 30.2 Å². The number of sulfonamides is 1. The van der Waals surface area contributed by atoms with Crippen molar-refractivity contribution in [2.45, 2.75) is 49.7 Å². The molecule has 1 amide bonds. The molecule has 1 atom stereocenters. The van der Waals surface area contributed by atoms with Crippen LogP contribution in [0, 0.1) is 0 Å². The first-order valence-electron chi connectivity index (χ1n) is 13.9. The fraction of sp³-hybridized carbons (Fsp3) is 0.414. The molecule has 244 valence electrons. The van der Waals surface area contributed by atoms with Gasteiger partial charge in [0.25, 0.3) is 5.92 Å². The Kier molecular flexibility index (Phi) is 10.3. The van der Waals surface area contributed by atoms with Crippen molar-refractivity contribution in [2.24, 2.45) is 0 Å². The Labute approximate surface area is 257 Å². The van der Waals surface area contributed by atoms with Crippen molar-refractivity contribution in [1.82, 2.24) is 24.5 Å². The Balaban J connectivity index is 1.57. The minimum Gasteiger partial charge on any atom is -0.406 e. The van der Waals surface area contributed by atoms with Crippen LogP contribution in [0.5, 0.6) is 5.75 Å². The number of carbonyl (C=O) groups excluding carboxylic acids is 1. The standard InChI is InChI=1S/C29H33F5N6O4S/c1-4-28(30,31)21-7-5-20(6-8-21)15-37-27(41)25-19-39(26-17-35-22(16-36-26)18-38(2)3)13-14-40(25)45(42,43)24-11-9-23(10-12-24)44-29(32,33)34/h5-12,16-17,25H,4,13-15,18-19H2,1-3H3,(H,37,41)/t25-/m1/s1. The highest BCUT2D eigenvalue weighted by molar-refractivity contribution is 7.89. The summed E-state index contributed by atoms with van der Waals surface area (Å²) in [5.41, 5.74) is 1.06.